The van der Waals surface area contributed by atoms with Crippen LogP contribution in [0.4, 0.5) is 0 Å². The predicted octanol–water partition coefficient (Wildman–Crippen LogP) is 1.62. The predicted molar refractivity (Wildman–Crippen MR) is 55.4 cm³/mol. The Bertz CT molecular complexity index is 277. The Morgan fingerprint density at radius 1 is 1.38 bits per heavy atom. The van der Waals surface area contributed by atoms with Gasteiger partial charge in [-0.1, -0.05) is 18.2 Å². The molecule has 2 nitrogen and oxygen atoms in total. The molecule has 1 aromatic carbocycles. The Hall–Kier alpha value is -0.730. The van der Waals surface area contributed by atoms with Gasteiger partial charge < -0.3 is 10.5 Å². The summed E-state index contributed by atoms with van der Waals surface area (Å²) in [6.07, 6.45) is 1.06. The van der Waals surface area contributed by atoms with E-state index in [4.69, 9.17) is 10.5 Å². The van der Waals surface area contributed by atoms with Crippen LogP contribution in [-0.2, 0) is 6.42 Å². The second-order valence-electron chi connectivity index (χ2n) is 3.22. The Kier molecular flexibility index (Phi) is 3.58. The van der Waals surface area contributed by atoms with Crippen LogP contribution in [0.2, 0.25) is 0 Å². The first-order chi connectivity index (χ1) is 5.90. The van der Waals surface area contributed by atoms with Gasteiger partial charge in [0.15, 0.2) is 0 Å². The first-order valence-corrected chi connectivity index (χ1v) is 4.31. The van der Waals surface area contributed by atoms with Crippen molar-refractivity contribution in [2.24, 2.45) is 11.7 Å². The minimum absolute atomic E-state index is 0. The Morgan fingerprint density at radius 3 is 2.92 bits per heavy atom. The second kappa shape index (κ2) is 4.49. The third kappa shape index (κ3) is 2.14. The van der Waals surface area contributed by atoms with Gasteiger partial charge in [0, 0.05) is 5.92 Å². The van der Waals surface area contributed by atoms with Crippen molar-refractivity contribution in [3.63, 3.8) is 0 Å². The van der Waals surface area contributed by atoms with Gasteiger partial charge in [-0.25, -0.2) is 0 Å². The van der Waals surface area contributed by atoms with E-state index in [1.807, 2.05) is 18.2 Å². The van der Waals surface area contributed by atoms with Gasteiger partial charge >= 0.3 is 0 Å². The maximum atomic E-state index is 5.58. The highest BCUT2D eigenvalue weighted by molar-refractivity contribution is 5.85. The van der Waals surface area contributed by atoms with Gasteiger partial charge in [-0.15, -0.1) is 12.4 Å². The quantitative estimate of drug-likeness (QED) is 0.746. The molecule has 0 saturated carbocycles. The standard InChI is InChI=1S/C10H13NO.ClH/c11-6-8-5-9-3-1-2-4-10(9)12-7-8;/h1-4,8H,5-7,11H2;1H. The number of nitrogens with two attached hydrogens (primary N) is 1. The average molecular weight is 200 g/mol. The summed E-state index contributed by atoms with van der Waals surface area (Å²) in [6, 6.07) is 8.17. The molecule has 1 aliphatic heterocycles. The molecule has 1 heterocycles. The van der Waals surface area contributed by atoms with Gasteiger partial charge in [-0.05, 0) is 24.6 Å². The summed E-state index contributed by atoms with van der Waals surface area (Å²) in [7, 11) is 0. The topological polar surface area (TPSA) is 35.2 Å². The van der Waals surface area contributed by atoms with E-state index in [1.165, 1.54) is 5.56 Å². The number of rotatable bonds is 1. The maximum Gasteiger partial charge on any atom is 0.122 e. The number of benzene rings is 1. The fourth-order valence-electron chi connectivity index (χ4n) is 1.54. The number of hydrogen-bond acceptors (Lipinski definition) is 2. The van der Waals surface area contributed by atoms with Gasteiger partial charge in [0.2, 0.25) is 0 Å². The second-order valence-corrected chi connectivity index (χ2v) is 3.22. The highest BCUT2D eigenvalue weighted by Crippen LogP contribution is 2.25. The summed E-state index contributed by atoms with van der Waals surface area (Å²) in [4.78, 5) is 0. The van der Waals surface area contributed by atoms with Crippen molar-refractivity contribution in [1.82, 2.24) is 0 Å². The molecule has 0 aliphatic carbocycles. The van der Waals surface area contributed by atoms with Crippen molar-refractivity contribution in [3.8, 4) is 5.75 Å². The maximum absolute atomic E-state index is 5.58. The van der Waals surface area contributed by atoms with Gasteiger partial charge in [-0.2, -0.15) is 0 Å². The molecule has 2 rings (SSSR count). The van der Waals surface area contributed by atoms with E-state index in [1.54, 1.807) is 0 Å². The van der Waals surface area contributed by atoms with Crippen LogP contribution >= 0.6 is 12.4 Å². The zero-order valence-electron chi connectivity index (χ0n) is 7.40. The fourth-order valence-corrected chi connectivity index (χ4v) is 1.54. The van der Waals surface area contributed by atoms with Crippen LogP contribution in [-0.4, -0.2) is 13.2 Å². The SMILES string of the molecule is Cl.NCC1COc2ccccc2C1. The molecule has 72 valence electrons. The van der Waals surface area contributed by atoms with E-state index >= 15 is 0 Å². The minimum Gasteiger partial charge on any atom is -0.493 e. The summed E-state index contributed by atoms with van der Waals surface area (Å²) in [5.41, 5.74) is 6.87. The summed E-state index contributed by atoms with van der Waals surface area (Å²) in [6.45, 7) is 1.49. The molecule has 13 heavy (non-hydrogen) atoms. The third-order valence-corrected chi connectivity index (χ3v) is 2.29. The zero-order valence-corrected chi connectivity index (χ0v) is 8.22. The van der Waals surface area contributed by atoms with Crippen molar-refractivity contribution in [2.75, 3.05) is 13.2 Å². The molecular weight excluding hydrogens is 186 g/mol. The lowest BCUT2D eigenvalue weighted by molar-refractivity contribution is 0.226. The first kappa shape index (κ1) is 10.4. The Morgan fingerprint density at radius 2 is 2.15 bits per heavy atom. The lowest BCUT2D eigenvalue weighted by atomic mass is 9.97. The van der Waals surface area contributed by atoms with Crippen LogP contribution in [0.25, 0.3) is 0 Å². The van der Waals surface area contributed by atoms with E-state index in [2.05, 4.69) is 6.07 Å². The number of hydrogen-bond donors (Lipinski definition) is 1. The van der Waals surface area contributed by atoms with Crippen LogP contribution in [0.1, 0.15) is 5.56 Å². The molecule has 2 N–H and O–H groups in total. The molecule has 1 aromatic rings. The van der Waals surface area contributed by atoms with E-state index in [-0.39, 0.29) is 12.4 Å². The summed E-state index contributed by atoms with van der Waals surface area (Å²) in [5, 5.41) is 0. The largest absolute Gasteiger partial charge is 0.493 e. The van der Waals surface area contributed by atoms with Gasteiger partial charge in [0.25, 0.3) is 0 Å². The number of halogens is 1. The molecule has 0 bridgehead atoms. The molecule has 3 heteroatoms. The molecule has 0 spiro atoms. The summed E-state index contributed by atoms with van der Waals surface area (Å²) >= 11 is 0. The fraction of sp³-hybridized carbons (Fsp3) is 0.400. The molecule has 1 aliphatic rings. The van der Waals surface area contributed by atoms with Crippen LogP contribution in [0.15, 0.2) is 24.3 Å². The van der Waals surface area contributed by atoms with E-state index in [9.17, 15) is 0 Å². The third-order valence-electron chi connectivity index (χ3n) is 2.29. The Balaban J connectivity index is 0.000000845. The molecule has 0 fully saturated rings. The molecular formula is C10H14ClNO. The van der Waals surface area contributed by atoms with Crippen LogP contribution in [0, 0.1) is 5.92 Å². The number of fused-ring (bicyclic) bond motifs is 1. The lowest BCUT2D eigenvalue weighted by Gasteiger charge is -2.23. The average Bonchev–Trinajstić information content (AvgIpc) is 2.17. The van der Waals surface area contributed by atoms with E-state index in [0.717, 1.165) is 18.8 Å². The molecule has 0 aromatic heterocycles. The van der Waals surface area contributed by atoms with Gasteiger partial charge in [-0.3, -0.25) is 0 Å². The molecule has 1 atom stereocenters. The first-order valence-electron chi connectivity index (χ1n) is 4.31. The van der Waals surface area contributed by atoms with E-state index in [0.29, 0.717) is 12.5 Å². The van der Waals surface area contributed by atoms with Crippen LogP contribution < -0.4 is 10.5 Å². The molecule has 0 saturated heterocycles. The monoisotopic (exact) mass is 199 g/mol. The summed E-state index contributed by atoms with van der Waals surface area (Å²) in [5.74, 6) is 1.53. The highest BCUT2D eigenvalue weighted by atomic mass is 35.5. The van der Waals surface area contributed by atoms with Crippen LogP contribution in [0.5, 0.6) is 5.75 Å². The lowest BCUT2D eigenvalue weighted by Crippen LogP contribution is -2.27. The normalized spacial score (nSPS) is 19.6. The van der Waals surface area contributed by atoms with E-state index < -0.39 is 0 Å². The van der Waals surface area contributed by atoms with Crippen molar-refractivity contribution in [3.05, 3.63) is 29.8 Å². The van der Waals surface area contributed by atoms with Crippen LogP contribution in [0.3, 0.4) is 0 Å². The van der Waals surface area contributed by atoms with Crippen molar-refractivity contribution in [2.45, 2.75) is 6.42 Å². The van der Waals surface area contributed by atoms with Gasteiger partial charge in [0.1, 0.15) is 5.75 Å². The molecule has 1 unspecified atom stereocenters. The number of ether oxygens (including phenoxy) is 1. The summed E-state index contributed by atoms with van der Waals surface area (Å²) < 4.78 is 5.55. The smallest absolute Gasteiger partial charge is 0.122 e. The Labute approximate surface area is 84.5 Å². The zero-order chi connectivity index (χ0) is 8.39. The molecule has 0 amide bonds. The molecule has 0 radical (unpaired) electrons. The van der Waals surface area contributed by atoms with Crippen molar-refractivity contribution >= 4 is 12.4 Å². The highest BCUT2D eigenvalue weighted by Gasteiger charge is 2.17. The van der Waals surface area contributed by atoms with Gasteiger partial charge in [0.05, 0.1) is 6.61 Å². The van der Waals surface area contributed by atoms with Crippen molar-refractivity contribution in [1.29, 1.82) is 0 Å². The minimum atomic E-state index is 0. The van der Waals surface area contributed by atoms with Crippen molar-refractivity contribution < 1.29 is 4.74 Å². The number of para-hydroxylation sites is 1.